The molecule has 11 nitrogen and oxygen atoms in total. The van der Waals surface area contributed by atoms with Crippen molar-refractivity contribution in [2.24, 2.45) is 0 Å². The monoisotopic (exact) mass is 582 g/mol. The van der Waals surface area contributed by atoms with Gasteiger partial charge in [-0.2, -0.15) is 0 Å². The first kappa shape index (κ1) is 28.8. The Morgan fingerprint density at radius 2 is 2.07 bits per heavy atom. The van der Waals surface area contributed by atoms with Crippen molar-refractivity contribution in [3.63, 3.8) is 0 Å². The van der Waals surface area contributed by atoms with E-state index in [-0.39, 0.29) is 31.0 Å². The number of rotatable bonds is 10. The molecule has 0 spiro atoms. The second-order valence-corrected chi connectivity index (χ2v) is 10.9. The van der Waals surface area contributed by atoms with E-state index in [9.17, 15) is 14.7 Å². The van der Waals surface area contributed by atoms with E-state index in [2.05, 4.69) is 25.5 Å². The van der Waals surface area contributed by atoms with Crippen LogP contribution in [0.1, 0.15) is 47.0 Å². The second kappa shape index (κ2) is 13.3. The van der Waals surface area contributed by atoms with Crippen LogP contribution in [0.15, 0.2) is 47.5 Å². The van der Waals surface area contributed by atoms with Gasteiger partial charge in [0.2, 0.25) is 5.91 Å². The third-order valence-electron chi connectivity index (χ3n) is 7.51. The molecular weight excluding hydrogens is 548 g/mol. The number of amides is 2. The summed E-state index contributed by atoms with van der Waals surface area (Å²) in [5, 5.41) is 17.5. The fraction of sp³-hybridized carbons (Fsp3) is 0.448. The number of carbonyl (C=O) groups excluding carboxylic acids is 2. The number of anilines is 1. The Balaban J connectivity index is 1.07. The molecule has 3 N–H and O–H groups in total. The predicted octanol–water partition coefficient (Wildman–Crippen LogP) is 2.87. The number of carbonyl (C=O) groups is 2. The van der Waals surface area contributed by atoms with Crippen LogP contribution in [0, 0.1) is 0 Å². The number of benzene rings is 1. The minimum atomic E-state index is -0.730. The van der Waals surface area contributed by atoms with E-state index < -0.39 is 6.10 Å². The van der Waals surface area contributed by atoms with Crippen LogP contribution in [0.2, 0.25) is 5.02 Å². The normalized spacial score (nSPS) is 16.6. The van der Waals surface area contributed by atoms with Gasteiger partial charge in [-0.25, -0.2) is 9.97 Å². The standard InChI is InChI=1S/C29H35ClN6O5/c1-19(37)36-10-5-22(6-11-36)34-27-12-20(4-8-32-27)29(39)33-13-23(38)16-35-9-7-25-21(15-35)2-3-26(28(25)30)40-17-24-14-31-18-41-24/h2-4,8,12,14,18,22-23,38H,5-7,9-11,13,15-17H2,1H3,(H,32,34)(H,33,39)/t23-/m0/s1. The molecule has 2 aliphatic rings. The zero-order valence-corrected chi connectivity index (χ0v) is 23.8. The number of likely N-dealkylation sites (tertiary alicyclic amines) is 1. The molecule has 218 valence electrons. The maximum absolute atomic E-state index is 12.8. The van der Waals surface area contributed by atoms with Crippen molar-refractivity contribution >= 4 is 29.2 Å². The van der Waals surface area contributed by atoms with Crippen molar-refractivity contribution in [2.75, 3.05) is 38.0 Å². The van der Waals surface area contributed by atoms with Gasteiger partial charge in [0.1, 0.15) is 18.2 Å². The molecule has 1 aromatic carbocycles. The molecule has 5 rings (SSSR count). The summed E-state index contributed by atoms with van der Waals surface area (Å²) in [6, 6.07) is 7.42. The smallest absolute Gasteiger partial charge is 0.251 e. The van der Waals surface area contributed by atoms with Gasteiger partial charge in [0.05, 0.1) is 17.3 Å². The summed E-state index contributed by atoms with van der Waals surface area (Å²) in [4.78, 5) is 36.6. The minimum absolute atomic E-state index is 0.0942. The molecule has 1 fully saturated rings. The van der Waals surface area contributed by atoms with Gasteiger partial charge in [-0.15, -0.1) is 0 Å². The maximum Gasteiger partial charge on any atom is 0.251 e. The number of aromatic nitrogens is 2. The number of aliphatic hydroxyl groups is 1. The number of nitrogens with zero attached hydrogens (tertiary/aromatic N) is 4. The number of hydrogen-bond acceptors (Lipinski definition) is 9. The highest BCUT2D eigenvalue weighted by Gasteiger charge is 2.24. The topological polar surface area (TPSA) is 133 Å². The van der Waals surface area contributed by atoms with Crippen molar-refractivity contribution < 1.29 is 23.8 Å². The summed E-state index contributed by atoms with van der Waals surface area (Å²) < 4.78 is 11.0. The number of nitrogens with one attached hydrogen (secondary N) is 2. The van der Waals surface area contributed by atoms with Gasteiger partial charge in [-0.05, 0) is 48.6 Å². The summed E-state index contributed by atoms with van der Waals surface area (Å²) in [7, 11) is 0. The van der Waals surface area contributed by atoms with Gasteiger partial charge in [0.15, 0.2) is 12.2 Å². The Labute approximate surface area is 243 Å². The summed E-state index contributed by atoms with van der Waals surface area (Å²) in [5.41, 5.74) is 2.61. The number of piperidine rings is 1. The Bertz CT molecular complexity index is 1350. The molecule has 3 aromatic rings. The van der Waals surface area contributed by atoms with Gasteiger partial charge in [-0.3, -0.25) is 14.5 Å². The van der Waals surface area contributed by atoms with E-state index in [1.165, 1.54) is 6.39 Å². The average molecular weight is 583 g/mol. The van der Waals surface area contributed by atoms with Gasteiger partial charge in [-0.1, -0.05) is 17.7 Å². The van der Waals surface area contributed by atoms with Gasteiger partial charge < -0.3 is 29.8 Å². The summed E-state index contributed by atoms with van der Waals surface area (Å²) in [6.45, 7) is 5.18. The van der Waals surface area contributed by atoms with E-state index in [1.807, 2.05) is 17.0 Å². The Morgan fingerprint density at radius 1 is 1.24 bits per heavy atom. The van der Waals surface area contributed by atoms with Crippen molar-refractivity contribution in [3.05, 3.63) is 70.5 Å². The zero-order chi connectivity index (χ0) is 28.8. The first-order valence-corrected chi connectivity index (χ1v) is 14.2. The van der Waals surface area contributed by atoms with Crippen LogP contribution in [0.25, 0.3) is 0 Å². The molecule has 2 aliphatic heterocycles. The lowest BCUT2D eigenvalue weighted by atomic mass is 9.99. The lowest BCUT2D eigenvalue weighted by Gasteiger charge is -2.32. The molecular formula is C29H35ClN6O5. The second-order valence-electron chi connectivity index (χ2n) is 10.5. The molecule has 2 amide bonds. The van der Waals surface area contributed by atoms with Crippen molar-refractivity contribution in [2.45, 2.75) is 51.5 Å². The molecule has 1 atom stereocenters. The van der Waals surface area contributed by atoms with E-state index >= 15 is 0 Å². The molecule has 0 unspecified atom stereocenters. The van der Waals surface area contributed by atoms with E-state index in [0.29, 0.717) is 54.1 Å². The molecule has 0 bridgehead atoms. The van der Waals surface area contributed by atoms with Crippen molar-refractivity contribution in [1.29, 1.82) is 0 Å². The quantitative estimate of drug-likeness (QED) is 0.330. The molecule has 12 heteroatoms. The van der Waals surface area contributed by atoms with E-state index in [1.54, 1.807) is 31.5 Å². The molecule has 0 saturated carbocycles. The van der Waals surface area contributed by atoms with E-state index in [4.69, 9.17) is 20.8 Å². The highest BCUT2D eigenvalue weighted by molar-refractivity contribution is 6.33. The highest BCUT2D eigenvalue weighted by atomic mass is 35.5. The van der Waals surface area contributed by atoms with Crippen LogP contribution in [0.3, 0.4) is 0 Å². The van der Waals surface area contributed by atoms with Crippen LogP contribution < -0.4 is 15.4 Å². The van der Waals surface area contributed by atoms with Crippen molar-refractivity contribution in [3.8, 4) is 5.75 Å². The Kier molecular flexibility index (Phi) is 9.38. The maximum atomic E-state index is 12.8. The Hall–Kier alpha value is -3.67. The summed E-state index contributed by atoms with van der Waals surface area (Å²) in [6.07, 6.45) is 6.22. The van der Waals surface area contributed by atoms with Gasteiger partial charge in [0, 0.05) is 64.0 Å². The first-order chi connectivity index (χ1) is 19.9. The summed E-state index contributed by atoms with van der Waals surface area (Å²) in [5.74, 6) is 1.67. The number of β-amino-alcohol motifs (C(OH)–C–C–N with tert-alkyl or cyclic N) is 1. The molecule has 2 aromatic heterocycles. The molecule has 0 aliphatic carbocycles. The number of hydrogen-bond donors (Lipinski definition) is 3. The van der Waals surface area contributed by atoms with Crippen molar-refractivity contribution in [1.82, 2.24) is 25.1 Å². The van der Waals surface area contributed by atoms with E-state index in [0.717, 1.165) is 36.9 Å². The lowest BCUT2D eigenvalue weighted by molar-refractivity contribution is -0.129. The number of halogens is 1. The third kappa shape index (κ3) is 7.55. The molecule has 41 heavy (non-hydrogen) atoms. The fourth-order valence-electron chi connectivity index (χ4n) is 5.25. The Morgan fingerprint density at radius 3 is 2.83 bits per heavy atom. The fourth-order valence-corrected chi connectivity index (χ4v) is 5.58. The number of pyridine rings is 1. The minimum Gasteiger partial charge on any atom is -0.484 e. The molecule has 1 saturated heterocycles. The van der Waals surface area contributed by atoms with Gasteiger partial charge in [0.25, 0.3) is 5.91 Å². The summed E-state index contributed by atoms with van der Waals surface area (Å²) >= 11 is 6.64. The van der Waals surface area contributed by atoms with Gasteiger partial charge >= 0.3 is 0 Å². The SMILES string of the molecule is CC(=O)N1CCC(Nc2cc(C(=O)NC[C@H](O)CN3CCc4c(ccc(OCc5cnco5)c4Cl)C3)ccn2)CC1. The highest BCUT2D eigenvalue weighted by Crippen LogP contribution is 2.34. The number of aliphatic hydroxyl groups excluding tert-OH is 1. The zero-order valence-electron chi connectivity index (χ0n) is 23.0. The number of oxazole rings is 1. The lowest BCUT2D eigenvalue weighted by Crippen LogP contribution is -2.42. The predicted molar refractivity (Wildman–Crippen MR) is 153 cm³/mol. The van der Waals surface area contributed by atoms with Crippen LogP contribution in [-0.4, -0.2) is 81.6 Å². The molecule has 4 heterocycles. The largest absolute Gasteiger partial charge is 0.484 e. The first-order valence-electron chi connectivity index (χ1n) is 13.8. The third-order valence-corrected chi connectivity index (χ3v) is 7.93. The number of fused-ring (bicyclic) bond motifs is 1. The van der Waals surface area contributed by atoms with Crippen LogP contribution in [0.5, 0.6) is 5.75 Å². The van der Waals surface area contributed by atoms with Crippen LogP contribution in [0.4, 0.5) is 5.82 Å². The van der Waals surface area contributed by atoms with Crippen LogP contribution in [-0.2, 0) is 24.4 Å². The number of ether oxygens (including phenoxy) is 1. The molecule has 0 radical (unpaired) electrons. The average Bonchev–Trinajstić information content (AvgIpc) is 3.50. The van der Waals surface area contributed by atoms with Crippen LogP contribution >= 0.6 is 11.6 Å².